The molecule has 0 fully saturated rings. The van der Waals surface area contributed by atoms with Crippen molar-refractivity contribution in [2.45, 2.75) is 38.4 Å². The van der Waals surface area contributed by atoms with E-state index in [1.807, 2.05) is 18.3 Å². The molecule has 0 radical (unpaired) electrons. The molecular weight excluding hydrogens is 287 g/mol. The van der Waals surface area contributed by atoms with Crippen LogP contribution < -0.4 is 5.32 Å². The average molecular weight is 303 g/mol. The van der Waals surface area contributed by atoms with Crippen LogP contribution in [0.25, 0.3) is 0 Å². The lowest BCUT2D eigenvalue weighted by molar-refractivity contribution is -0.159. The second-order valence-electron chi connectivity index (χ2n) is 4.58. The highest BCUT2D eigenvalue weighted by Crippen LogP contribution is 2.21. The number of hydrogen-bond acceptors (Lipinski definition) is 2. The molecule has 0 aliphatic rings. The smallest absolute Gasteiger partial charge is 0.391 e. The molecule has 2 N–H and O–H groups in total. The molecule has 0 aliphatic heterocycles. The zero-order chi connectivity index (χ0) is 16.0. The Balaban J connectivity index is 2.72. The van der Waals surface area contributed by atoms with Crippen molar-refractivity contribution in [3.8, 4) is 0 Å². The fourth-order valence-electron chi connectivity index (χ4n) is 1.92. The van der Waals surface area contributed by atoms with Gasteiger partial charge in [0.2, 0.25) is 5.91 Å². The maximum atomic E-state index is 12.2. The number of amides is 1. The van der Waals surface area contributed by atoms with Crippen LogP contribution in [0.3, 0.4) is 0 Å². The van der Waals surface area contributed by atoms with E-state index < -0.39 is 30.5 Å². The number of rotatable bonds is 6. The number of nitrogens with one attached hydrogen (secondary N) is 1. The van der Waals surface area contributed by atoms with Gasteiger partial charge in [-0.05, 0) is 17.5 Å². The summed E-state index contributed by atoms with van der Waals surface area (Å²) in [6, 6.07) is 5.05. The van der Waals surface area contributed by atoms with E-state index in [1.54, 1.807) is 18.2 Å². The van der Waals surface area contributed by atoms with Crippen LogP contribution in [0.5, 0.6) is 0 Å². The van der Waals surface area contributed by atoms with Gasteiger partial charge in [-0.2, -0.15) is 13.2 Å². The van der Waals surface area contributed by atoms with E-state index in [4.69, 9.17) is 5.11 Å². The number of carboxylic acids is 1. The standard InChI is InChI=1S/C14H16F3NO3/c1-2-9-5-3-4-6-10(9)7-12(19)18-11(13(20)21)8-14(15,16)17/h3-6,11H,2,7-8H2,1H3,(H,18,19)(H,20,21). The summed E-state index contributed by atoms with van der Waals surface area (Å²) in [6.07, 6.45) is -5.72. The Morgan fingerprint density at radius 3 is 2.29 bits per heavy atom. The summed E-state index contributed by atoms with van der Waals surface area (Å²) in [5.41, 5.74) is 1.57. The third-order valence-corrected chi connectivity index (χ3v) is 2.92. The first-order valence-corrected chi connectivity index (χ1v) is 6.38. The number of alkyl halides is 3. The van der Waals surface area contributed by atoms with Crippen molar-refractivity contribution < 1.29 is 27.9 Å². The summed E-state index contributed by atoms with van der Waals surface area (Å²) in [4.78, 5) is 22.5. The van der Waals surface area contributed by atoms with E-state index in [1.165, 1.54) is 0 Å². The average Bonchev–Trinajstić information content (AvgIpc) is 2.36. The van der Waals surface area contributed by atoms with Gasteiger partial charge in [0.1, 0.15) is 6.04 Å². The summed E-state index contributed by atoms with van der Waals surface area (Å²) < 4.78 is 36.7. The lowest BCUT2D eigenvalue weighted by Crippen LogP contribution is -2.44. The minimum atomic E-state index is -4.66. The highest BCUT2D eigenvalue weighted by molar-refractivity contribution is 5.85. The summed E-state index contributed by atoms with van der Waals surface area (Å²) in [7, 11) is 0. The molecule has 0 aromatic heterocycles. The molecule has 0 bridgehead atoms. The number of carbonyl (C=O) groups excluding carboxylic acids is 1. The first kappa shape index (κ1) is 17.0. The molecule has 0 saturated carbocycles. The van der Waals surface area contributed by atoms with Crippen molar-refractivity contribution in [2.24, 2.45) is 0 Å². The first-order chi connectivity index (χ1) is 9.73. The van der Waals surface area contributed by atoms with Crippen molar-refractivity contribution in [1.29, 1.82) is 0 Å². The SMILES string of the molecule is CCc1ccccc1CC(=O)NC(CC(F)(F)F)C(=O)O. The van der Waals surface area contributed by atoms with Gasteiger partial charge in [0.05, 0.1) is 12.8 Å². The molecule has 0 heterocycles. The monoisotopic (exact) mass is 303 g/mol. The number of benzene rings is 1. The van der Waals surface area contributed by atoms with Gasteiger partial charge in [-0.15, -0.1) is 0 Å². The lowest BCUT2D eigenvalue weighted by Gasteiger charge is -2.16. The van der Waals surface area contributed by atoms with Crippen LogP contribution in [0, 0.1) is 0 Å². The molecule has 0 saturated heterocycles. The minimum Gasteiger partial charge on any atom is -0.480 e. The topological polar surface area (TPSA) is 66.4 Å². The van der Waals surface area contributed by atoms with Crippen LogP contribution in [0.4, 0.5) is 13.2 Å². The molecule has 0 aliphatic carbocycles. The number of halogens is 3. The Bertz CT molecular complexity index is 514. The Labute approximate surface area is 120 Å². The molecule has 1 rings (SSSR count). The van der Waals surface area contributed by atoms with Gasteiger partial charge in [0.15, 0.2) is 0 Å². The van der Waals surface area contributed by atoms with Crippen LogP contribution in [-0.4, -0.2) is 29.2 Å². The lowest BCUT2D eigenvalue weighted by atomic mass is 10.0. The molecule has 1 aromatic carbocycles. The van der Waals surface area contributed by atoms with Crippen LogP contribution in [0.15, 0.2) is 24.3 Å². The molecule has 21 heavy (non-hydrogen) atoms. The highest BCUT2D eigenvalue weighted by Gasteiger charge is 2.36. The summed E-state index contributed by atoms with van der Waals surface area (Å²) in [5.74, 6) is -2.45. The highest BCUT2D eigenvalue weighted by atomic mass is 19.4. The minimum absolute atomic E-state index is 0.147. The van der Waals surface area contributed by atoms with E-state index in [0.29, 0.717) is 12.0 Å². The largest absolute Gasteiger partial charge is 0.480 e. The van der Waals surface area contributed by atoms with Gasteiger partial charge in [-0.3, -0.25) is 4.79 Å². The number of carboxylic acid groups (broad SMARTS) is 1. The third kappa shape index (κ3) is 5.85. The zero-order valence-electron chi connectivity index (χ0n) is 11.4. The molecule has 1 amide bonds. The van der Waals surface area contributed by atoms with E-state index in [0.717, 1.165) is 5.56 Å². The zero-order valence-corrected chi connectivity index (χ0v) is 11.4. The van der Waals surface area contributed by atoms with Gasteiger partial charge in [0.25, 0.3) is 0 Å². The maximum absolute atomic E-state index is 12.2. The predicted molar refractivity (Wildman–Crippen MR) is 69.8 cm³/mol. The maximum Gasteiger partial charge on any atom is 0.391 e. The normalized spacial score (nSPS) is 12.8. The van der Waals surface area contributed by atoms with Crippen molar-refractivity contribution >= 4 is 11.9 Å². The van der Waals surface area contributed by atoms with E-state index in [9.17, 15) is 22.8 Å². The number of aliphatic carboxylic acids is 1. The van der Waals surface area contributed by atoms with Crippen molar-refractivity contribution in [3.63, 3.8) is 0 Å². The van der Waals surface area contributed by atoms with Crippen LogP contribution >= 0.6 is 0 Å². The Morgan fingerprint density at radius 2 is 1.81 bits per heavy atom. The first-order valence-electron chi connectivity index (χ1n) is 6.38. The van der Waals surface area contributed by atoms with Gasteiger partial charge in [0, 0.05) is 0 Å². The molecular formula is C14H16F3NO3. The third-order valence-electron chi connectivity index (χ3n) is 2.92. The second kappa shape index (κ2) is 7.10. The summed E-state index contributed by atoms with van der Waals surface area (Å²) >= 11 is 0. The molecule has 1 atom stereocenters. The fraction of sp³-hybridized carbons (Fsp3) is 0.429. The van der Waals surface area contributed by atoms with E-state index in [-0.39, 0.29) is 6.42 Å². The van der Waals surface area contributed by atoms with Gasteiger partial charge in [-0.25, -0.2) is 4.79 Å². The molecule has 116 valence electrons. The Kier molecular flexibility index (Phi) is 5.75. The molecule has 1 aromatic rings. The predicted octanol–water partition coefficient (Wildman–Crippen LogP) is 2.31. The van der Waals surface area contributed by atoms with Gasteiger partial charge < -0.3 is 10.4 Å². The number of carbonyl (C=O) groups is 2. The Hall–Kier alpha value is -2.05. The second-order valence-corrected chi connectivity index (χ2v) is 4.58. The Morgan fingerprint density at radius 1 is 1.24 bits per heavy atom. The van der Waals surface area contributed by atoms with Crippen LogP contribution in [0.2, 0.25) is 0 Å². The van der Waals surface area contributed by atoms with Crippen molar-refractivity contribution in [2.75, 3.05) is 0 Å². The van der Waals surface area contributed by atoms with Crippen LogP contribution in [-0.2, 0) is 22.4 Å². The molecule has 0 spiro atoms. The number of aryl methyl sites for hydroxylation is 1. The summed E-state index contributed by atoms with van der Waals surface area (Å²) in [5, 5.41) is 10.7. The van der Waals surface area contributed by atoms with Gasteiger partial charge >= 0.3 is 12.1 Å². The van der Waals surface area contributed by atoms with Crippen molar-refractivity contribution in [3.05, 3.63) is 35.4 Å². The molecule has 1 unspecified atom stereocenters. The molecule has 4 nitrogen and oxygen atoms in total. The summed E-state index contributed by atoms with van der Waals surface area (Å²) in [6.45, 7) is 1.89. The van der Waals surface area contributed by atoms with Crippen LogP contribution in [0.1, 0.15) is 24.5 Å². The fourth-order valence-corrected chi connectivity index (χ4v) is 1.92. The van der Waals surface area contributed by atoms with Gasteiger partial charge in [-0.1, -0.05) is 31.2 Å². The number of hydrogen-bond donors (Lipinski definition) is 2. The van der Waals surface area contributed by atoms with E-state index in [2.05, 4.69) is 0 Å². The quantitative estimate of drug-likeness (QED) is 0.847. The van der Waals surface area contributed by atoms with Crippen molar-refractivity contribution in [1.82, 2.24) is 5.32 Å². The molecule has 7 heteroatoms. The van der Waals surface area contributed by atoms with E-state index >= 15 is 0 Å².